The van der Waals surface area contributed by atoms with E-state index in [1.54, 1.807) is 0 Å². The molecule has 170 valence electrons. The molecule has 33 heavy (non-hydrogen) atoms. The smallest absolute Gasteiger partial charge is 0.411 e. The summed E-state index contributed by atoms with van der Waals surface area (Å²) in [7, 11) is 0. The molecule has 3 atom stereocenters. The van der Waals surface area contributed by atoms with Crippen LogP contribution in [0.5, 0.6) is 0 Å². The van der Waals surface area contributed by atoms with Crippen LogP contribution in [0.15, 0.2) is 66.7 Å². The zero-order valence-electron chi connectivity index (χ0n) is 19.9. The molecule has 0 N–H and O–H groups in total. The van der Waals surface area contributed by atoms with E-state index >= 15 is 0 Å². The van der Waals surface area contributed by atoms with E-state index in [-0.39, 0.29) is 18.2 Å². The number of hydrogen-bond acceptors (Lipinski definition) is 3. The van der Waals surface area contributed by atoms with Crippen LogP contribution in [0.4, 0.5) is 4.79 Å². The number of nitrogens with zero attached hydrogens (tertiary/aromatic N) is 2. The molecule has 0 heterocycles. The van der Waals surface area contributed by atoms with Crippen molar-refractivity contribution in [3.05, 3.63) is 83.4 Å². The van der Waals surface area contributed by atoms with E-state index in [0.29, 0.717) is 11.5 Å². The van der Waals surface area contributed by atoms with E-state index in [0.717, 1.165) is 24.8 Å². The highest BCUT2D eigenvalue weighted by Gasteiger charge is 2.38. The average molecular weight is 441 g/mol. The van der Waals surface area contributed by atoms with Crippen LogP contribution in [0.25, 0.3) is 10.8 Å². The summed E-state index contributed by atoms with van der Waals surface area (Å²) in [6, 6.07) is 24.7. The van der Waals surface area contributed by atoms with Gasteiger partial charge in [0.2, 0.25) is 0 Å². The quantitative estimate of drug-likeness (QED) is 0.426. The molecule has 0 saturated heterocycles. The van der Waals surface area contributed by atoms with Gasteiger partial charge in [-0.3, -0.25) is 4.90 Å². The summed E-state index contributed by atoms with van der Waals surface area (Å²) in [5.41, 5.74) is 2.49. The standard InChI is InChI=1S/C29H32N2O2/c1-20(26-11-7-9-23-8-5-6-10-27(23)26)31(28(32)33-29(2,3)4)25-17-16-24(18-25)22-14-12-21(19-30)13-15-22/h5-15,20,24-25H,16-18H2,1-4H3/t20-,24+,25?/m1/s1. The highest BCUT2D eigenvalue weighted by molar-refractivity contribution is 5.86. The number of carbonyl (C=O) groups is 1. The number of rotatable bonds is 4. The summed E-state index contributed by atoms with van der Waals surface area (Å²) in [4.78, 5) is 15.5. The summed E-state index contributed by atoms with van der Waals surface area (Å²) in [6.45, 7) is 7.86. The molecule has 0 bridgehead atoms. The number of hydrogen-bond donors (Lipinski definition) is 0. The third kappa shape index (κ3) is 5.03. The first-order chi connectivity index (χ1) is 15.8. The minimum Gasteiger partial charge on any atom is -0.444 e. The first kappa shape index (κ1) is 22.9. The molecule has 4 rings (SSSR count). The Hall–Kier alpha value is -3.32. The summed E-state index contributed by atoms with van der Waals surface area (Å²) in [6.07, 6.45) is 2.57. The van der Waals surface area contributed by atoms with Gasteiger partial charge in [-0.1, -0.05) is 54.6 Å². The van der Waals surface area contributed by atoms with Crippen molar-refractivity contribution < 1.29 is 9.53 Å². The SMILES string of the molecule is C[C@H](c1cccc2ccccc12)N(C(=O)OC(C)(C)C)C1CC[C@H](c2ccc(C#N)cc2)C1. The molecule has 1 amide bonds. The molecule has 4 nitrogen and oxygen atoms in total. The Morgan fingerprint density at radius 2 is 1.73 bits per heavy atom. The van der Waals surface area contributed by atoms with Gasteiger partial charge in [0.1, 0.15) is 5.60 Å². The lowest BCUT2D eigenvalue weighted by Crippen LogP contribution is -2.44. The number of amides is 1. The maximum absolute atomic E-state index is 13.5. The zero-order chi connectivity index (χ0) is 23.6. The van der Waals surface area contributed by atoms with Crippen molar-refractivity contribution in [2.24, 2.45) is 0 Å². The monoisotopic (exact) mass is 440 g/mol. The topological polar surface area (TPSA) is 53.3 Å². The first-order valence-electron chi connectivity index (χ1n) is 11.8. The van der Waals surface area contributed by atoms with Crippen LogP contribution in [-0.2, 0) is 4.74 Å². The third-order valence-electron chi connectivity index (χ3n) is 6.60. The fraction of sp³-hybridized carbons (Fsp3) is 0.379. The van der Waals surface area contributed by atoms with Gasteiger partial charge in [0.25, 0.3) is 0 Å². The summed E-state index contributed by atoms with van der Waals surface area (Å²) in [5.74, 6) is 0.368. The average Bonchev–Trinajstić information content (AvgIpc) is 3.27. The molecular formula is C29H32N2O2. The maximum Gasteiger partial charge on any atom is 0.411 e. The van der Waals surface area contributed by atoms with Crippen molar-refractivity contribution in [3.8, 4) is 6.07 Å². The molecule has 0 radical (unpaired) electrons. The molecular weight excluding hydrogens is 408 g/mol. The molecule has 1 aliphatic carbocycles. The van der Waals surface area contributed by atoms with Crippen molar-refractivity contribution >= 4 is 16.9 Å². The van der Waals surface area contributed by atoms with Crippen LogP contribution >= 0.6 is 0 Å². The van der Waals surface area contributed by atoms with Crippen molar-refractivity contribution in [1.82, 2.24) is 4.90 Å². The van der Waals surface area contributed by atoms with Crippen molar-refractivity contribution in [3.63, 3.8) is 0 Å². The second-order valence-electron chi connectivity index (χ2n) is 10.0. The summed E-state index contributed by atoms with van der Waals surface area (Å²) >= 11 is 0. The van der Waals surface area contributed by atoms with Crippen LogP contribution in [0.2, 0.25) is 0 Å². The fourth-order valence-corrected chi connectivity index (χ4v) is 5.05. The molecule has 0 aliphatic heterocycles. The summed E-state index contributed by atoms with van der Waals surface area (Å²) < 4.78 is 5.89. The fourth-order valence-electron chi connectivity index (χ4n) is 5.05. The van der Waals surface area contributed by atoms with Gasteiger partial charge in [0, 0.05) is 6.04 Å². The number of ether oxygens (including phenoxy) is 1. The van der Waals surface area contributed by atoms with Crippen LogP contribution < -0.4 is 0 Å². The van der Waals surface area contributed by atoms with Crippen molar-refractivity contribution in [2.45, 2.75) is 70.6 Å². The van der Waals surface area contributed by atoms with E-state index < -0.39 is 5.60 Å². The van der Waals surface area contributed by atoms with Crippen molar-refractivity contribution in [1.29, 1.82) is 5.26 Å². The maximum atomic E-state index is 13.5. The highest BCUT2D eigenvalue weighted by Crippen LogP contribution is 2.41. The second-order valence-corrected chi connectivity index (χ2v) is 10.0. The molecule has 1 unspecified atom stereocenters. The Morgan fingerprint density at radius 3 is 2.42 bits per heavy atom. The van der Waals surface area contributed by atoms with Crippen molar-refractivity contribution in [2.75, 3.05) is 0 Å². The van der Waals surface area contributed by atoms with Gasteiger partial charge >= 0.3 is 6.09 Å². The molecule has 3 aromatic carbocycles. The molecule has 1 saturated carbocycles. The largest absolute Gasteiger partial charge is 0.444 e. The molecule has 3 aromatic rings. The van der Waals surface area contributed by atoms with E-state index in [1.807, 2.05) is 49.9 Å². The highest BCUT2D eigenvalue weighted by atomic mass is 16.6. The number of nitriles is 1. The number of carbonyl (C=O) groups excluding carboxylic acids is 1. The number of benzene rings is 3. The Labute approximate surface area is 196 Å². The first-order valence-corrected chi connectivity index (χ1v) is 11.8. The minimum atomic E-state index is -0.557. The Kier molecular flexibility index (Phi) is 6.42. The zero-order valence-corrected chi connectivity index (χ0v) is 19.9. The minimum absolute atomic E-state index is 0.0921. The van der Waals surface area contributed by atoms with Gasteiger partial charge in [0.05, 0.1) is 17.7 Å². The Morgan fingerprint density at radius 1 is 1.03 bits per heavy atom. The molecule has 0 spiro atoms. The van der Waals surface area contributed by atoms with E-state index in [9.17, 15) is 4.79 Å². The molecule has 1 aliphatic rings. The lowest BCUT2D eigenvalue weighted by molar-refractivity contribution is 0.00693. The molecule has 0 aromatic heterocycles. The Balaban J connectivity index is 1.65. The van der Waals surface area contributed by atoms with Gasteiger partial charge < -0.3 is 4.74 Å². The van der Waals surface area contributed by atoms with Gasteiger partial charge in [-0.15, -0.1) is 0 Å². The van der Waals surface area contributed by atoms with Crippen LogP contribution in [0.1, 0.15) is 75.6 Å². The lowest BCUT2D eigenvalue weighted by atomic mass is 9.95. The van der Waals surface area contributed by atoms with Gasteiger partial charge in [-0.25, -0.2) is 4.79 Å². The van der Waals surface area contributed by atoms with Crippen LogP contribution in [-0.4, -0.2) is 22.6 Å². The van der Waals surface area contributed by atoms with Gasteiger partial charge in [-0.05, 0) is 86.9 Å². The molecule has 4 heteroatoms. The lowest BCUT2D eigenvalue weighted by Gasteiger charge is -2.37. The third-order valence-corrected chi connectivity index (χ3v) is 6.60. The predicted octanol–water partition coefficient (Wildman–Crippen LogP) is 7.35. The van der Waals surface area contributed by atoms with Crippen LogP contribution in [0.3, 0.4) is 0 Å². The van der Waals surface area contributed by atoms with E-state index in [2.05, 4.69) is 55.5 Å². The van der Waals surface area contributed by atoms with Crippen LogP contribution in [0, 0.1) is 11.3 Å². The van der Waals surface area contributed by atoms with E-state index in [1.165, 1.54) is 16.3 Å². The molecule has 1 fully saturated rings. The van der Waals surface area contributed by atoms with Gasteiger partial charge in [0.15, 0.2) is 0 Å². The summed E-state index contributed by atoms with van der Waals surface area (Å²) in [5, 5.41) is 11.4. The normalized spacial score (nSPS) is 19.1. The second kappa shape index (κ2) is 9.27. The predicted molar refractivity (Wildman–Crippen MR) is 132 cm³/mol. The van der Waals surface area contributed by atoms with E-state index in [4.69, 9.17) is 10.00 Å². The number of fused-ring (bicyclic) bond motifs is 1. The Bertz CT molecular complexity index is 1170. The van der Waals surface area contributed by atoms with Gasteiger partial charge in [-0.2, -0.15) is 5.26 Å².